The molecule has 0 aromatic carbocycles. The maximum atomic E-state index is 5.68. The molecule has 4 nitrogen and oxygen atoms in total. The van der Waals surface area contributed by atoms with Crippen LogP contribution in [0.2, 0.25) is 0 Å². The van der Waals surface area contributed by atoms with Gasteiger partial charge in [0.15, 0.2) is 0 Å². The topological polar surface area (TPSA) is 47.3 Å². The minimum atomic E-state index is 0.431. The fourth-order valence-corrected chi connectivity index (χ4v) is 1.82. The van der Waals surface area contributed by atoms with Crippen molar-refractivity contribution < 1.29 is 9.15 Å². The molecule has 19 heavy (non-hydrogen) atoms. The van der Waals surface area contributed by atoms with E-state index >= 15 is 0 Å². The average molecular weight is 260 g/mol. The van der Waals surface area contributed by atoms with Crippen molar-refractivity contribution in [3.63, 3.8) is 0 Å². The largest absolute Gasteiger partial charge is 0.484 e. The Morgan fingerprint density at radius 3 is 3.05 bits per heavy atom. The first-order valence-corrected chi connectivity index (χ1v) is 6.61. The van der Waals surface area contributed by atoms with E-state index in [1.807, 2.05) is 25.1 Å². The number of hydrogen-bond acceptors (Lipinski definition) is 4. The Balaban J connectivity index is 1.89. The number of aryl methyl sites for hydroxylation is 1. The number of hydrogen-bond donors (Lipinski definition) is 1. The molecule has 0 saturated heterocycles. The quantitative estimate of drug-likeness (QED) is 0.777. The number of nitrogens with one attached hydrogen (secondary N) is 1. The lowest BCUT2D eigenvalue weighted by Gasteiger charge is -2.02. The molecule has 2 aromatic rings. The summed E-state index contributed by atoms with van der Waals surface area (Å²) in [7, 11) is 0. The highest BCUT2D eigenvalue weighted by atomic mass is 16.5. The van der Waals surface area contributed by atoms with Crippen molar-refractivity contribution in [1.82, 2.24) is 10.3 Å². The lowest BCUT2D eigenvalue weighted by atomic mass is 10.2. The van der Waals surface area contributed by atoms with Crippen LogP contribution in [0.15, 0.2) is 35.0 Å². The summed E-state index contributed by atoms with van der Waals surface area (Å²) < 4.78 is 11.3. The minimum Gasteiger partial charge on any atom is -0.484 e. The van der Waals surface area contributed by atoms with Crippen molar-refractivity contribution in [3.8, 4) is 5.75 Å². The van der Waals surface area contributed by atoms with Gasteiger partial charge in [-0.25, -0.2) is 0 Å². The monoisotopic (exact) mass is 260 g/mol. The lowest BCUT2D eigenvalue weighted by Crippen LogP contribution is -2.13. The Morgan fingerprint density at radius 1 is 1.42 bits per heavy atom. The summed E-state index contributed by atoms with van der Waals surface area (Å²) in [6.07, 6.45) is 4.55. The fraction of sp³-hybridized carbons (Fsp3) is 0.400. The second kappa shape index (κ2) is 6.95. The van der Waals surface area contributed by atoms with E-state index in [1.165, 1.54) is 5.56 Å². The zero-order valence-corrected chi connectivity index (χ0v) is 11.5. The molecule has 0 aliphatic rings. The molecule has 0 atom stereocenters. The van der Waals surface area contributed by atoms with Crippen molar-refractivity contribution in [2.75, 3.05) is 6.54 Å². The minimum absolute atomic E-state index is 0.431. The summed E-state index contributed by atoms with van der Waals surface area (Å²) in [6, 6.07) is 5.78. The third kappa shape index (κ3) is 4.10. The van der Waals surface area contributed by atoms with Crippen LogP contribution in [0.5, 0.6) is 5.75 Å². The zero-order valence-electron chi connectivity index (χ0n) is 11.5. The maximum Gasteiger partial charge on any atom is 0.146 e. The van der Waals surface area contributed by atoms with E-state index in [4.69, 9.17) is 9.15 Å². The van der Waals surface area contributed by atoms with Gasteiger partial charge in [0.1, 0.15) is 23.9 Å². The van der Waals surface area contributed by atoms with Crippen LogP contribution in [0.1, 0.15) is 30.4 Å². The second-order valence-corrected chi connectivity index (χ2v) is 4.45. The molecule has 0 unspecified atom stereocenters. The van der Waals surface area contributed by atoms with Crippen LogP contribution in [-0.2, 0) is 13.2 Å². The van der Waals surface area contributed by atoms with E-state index in [1.54, 1.807) is 12.4 Å². The number of pyridine rings is 1. The van der Waals surface area contributed by atoms with E-state index in [-0.39, 0.29) is 0 Å². The predicted molar refractivity (Wildman–Crippen MR) is 74.0 cm³/mol. The third-order valence-corrected chi connectivity index (χ3v) is 2.83. The van der Waals surface area contributed by atoms with Gasteiger partial charge in [0.05, 0.1) is 6.20 Å². The van der Waals surface area contributed by atoms with Crippen LogP contribution >= 0.6 is 0 Å². The molecule has 0 radical (unpaired) electrons. The Labute approximate surface area is 113 Å². The Morgan fingerprint density at radius 2 is 2.32 bits per heavy atom. The molecule has 0 saturated carbocycles. The summed E-state index contributed by atoms with van der Waals surface area (Å²) in [4.78, 5) is 4.00. The molecular weight excluding hydrogens is 240 g/mol. The molecule has 0 spiro atoms. The number of aromatic nitrogens is 1. The normalized spacial score (nSPS) is 10.6. The summed E-state index contributed by atoms with van der Waals surface area (Å²) in [5, 5.41) is 3.37. The molecule has 0 amide bonds. The lowest BCUT2D eigenvalue weighted by molar-refractivity contribution is 0.266. The average Bonchev–Trinajstić information content (AvgIpc) is 2.79. The molecule has 0 aliphatic carbocycles. The molecular formula is C15H20N2O2. The van der Waals surface area contributed by atoms with Crippen LogP contribution in [-0.4, -0.2) is 11.5 Å². The first kappa shape index (κ1) is 13.6. The summed E-state index contributed by atoms with van der Waals surface area (Å²) >= 11 is 0. The fourth-order valence-electron chi connectivity index (χ4n) is 1.82. The number of furan rings is 1. The van der Waals surface area contributed by atoms with Crippen LogP contribution < -0.4 is 10.1 Å². The van der Waals surface area contributed by atoms with Gasteiger partial charge in [-0.3, -0.25) is 4.98 Å². The van der Waals surface area contributed by atoms with E-state index in [0.29, 0.717) is 6.61 Å². The van der Waals surface area contributed by atoms with Crippen LogP contribution in [0, 0.1) is 6.92 Å². The van der Waals surface area contributed by atoms with Crippen LogP contribution in [0.25, 0.3) is 0 Å². The predicted octanol–water partition coefficient (Wildman–Crippen LogP) is 3.06. The summed E-state index contributed by atoms with van der Waals surface area (Å²) in [6.45, 7) is 6.43. The highest BCUT2D eigenvalue weighted by Gasteiger charge is 2.07. The van der Waals surface area contributed by atoms with Gasteiger partial charge in [-0.2, -0.15) is 0 Å². The van der Waals surface area contributed by atoms with Crippen molar-refractivity contribution in [2.45, 2.75) is 33.4 Å². The van der Waals surface area contributed by atoms with E-state index < -0.39 is 0 Å². The first-order valence-electron chi connectivity index (χ1n) is 6.61. The van der Waals surface area contributed by atoms with Crippen molar-refractivity contribution >= 4 is 0 Å². The van der Waals surface area contributed by atoms with Crippen LogP contribution in [0.4, 0.5) is 0 Å². The van der Waals surface area contributed by atoms with Gasteiger partial charge < -0.3 is 14.5 Å². The molecule has 1 N–H and O–H groups in total. The zero-order chi connectivity index (χ0) is 13.5. The first-order chi connectivity index (χ1) is 9.29. The van der Waals surface area contributed by atoms with E-state index in [9.17, 15) is 0 Å². The Bertz CT molecular complexity index is 494. The Hall–Kier alpha value is -1.81. The van der Waals surface area contributed by atoms with E-state index in [0.717, 1.165) is 36.8 Å². The van der Waals surface area contributed by atoms with E-state index in [2.05, 4.69) is 17.2 Å². The smallest absolute Gasteiger partial charge is 0.146 e. The van der Waals surface area contributed by atoms with Gasteiger partial charge in [-0.15, -0.1) is 0 Å². The van der Waals surface area contributed by atoms with Crippen LogP contribution in [0.3, 0.4) is 0 Å². The molecule has 2 aromatic heterocycles. The highest BCUT2D eigenvalue weighted by Crippen LogP contribution is 2.17. The molecule has 4 heteroatoms. The summed E-state index contributed by atoms with van der Waals surface area (Å²) in [5.41, 5.74) is 1.19. The van der Waals surface area contributed by atoms with Gasteiger partial charge in [0.25, 0.3) is 0 Å². The standard InChI is InChI=1S/C15H20N2O2/c1-3-6-16-9-13-8-15(19-12(13)2)11-18-14-5-4-7-17-10-14/h4-5,7-8,10,16H,3,6,9,11H2,1-2H3. The van der Waals surface area contributed by atoms with Crippen molar-refractivity contribution in [2.24, 2.45) is 0 Å². The molecule has 102 valence electrons. The molecule has 0 bridgehead atoms. The molecule has 2 heterocycles. The van der Waals surface area contributed by atoms with Crippen molar-refractivity contribution in [3.05, 3.63) is 47.7 Å². The van der Waals surface area contributed by atoms with Gasteiger partial charge >= 0.3 is 0 Å². The number of nitrogens with zero attached hydrogens (tertiary/aromatic N) is 1. The molecule has 0 fully saturated rings. The van der Waals surface area contributed by atoms with Gasteiger partial charge in [-0.1, -0.05) is 6.92 Å². The van der Waals surface area contributed by atoms with Gasteiger partial charge in [0.2, 0.25) is 0 Å². The number of rotatable bonds is 7. The highest BCUT2D eigenvalue weighted by molar-refractivity contribution is 5.21. The molecule has 2 rings (SSSR count). The van der Waals surface area contributed by atoms with Gasteiger partial charge in [-0.05, 0) is 38.1 Å². The number of ether oxygens (including phenoxy) is 1. The van der Waals surface area contributed by atoms with Crippen molar-refractivity contribution in [1.29, 1.82) is 0 Å². The molecule has 0 aliphatic heterocycles. The second-order valence-electron chi connectivity index (χ2n) is 4.45. The maximum absolute atomic E-state index is 5.68. The SMILES string of the molecule is CCCNCc1cc(COc2cccnc2)oc1C. The Kier molecular flexibility index (Phi) is 4.98. The van der Waals surface area contributed by atoms with Gasteiger partial charge in [0, 0.05) is 18.3 Å². The third-order valence-electron chi connectivity index (χ3n) is 2.83. The summed E-state index contributed by atoms with van der Waals surface area (Å²) in [5.74, 6) is 2.55.